The largest absolute Gasteiger partial charge is 0.354 e. The molecule has 2 aromatic heterocycles. The number of benzene rings is 1. The van der Waals surface area contributed by atoms with Crippen molar-refractivity contribution in [2.24, 2.45) is 0 Å². The molecule has 7 heteroatoms. The van der Waals surface area contributed by atoms with Crippen LogP contribution in [0.3, 0.4) is 0 Å². The molecule has 0 bridgehead atoms. The number of piperazine rings is 1. The second-order valence-electron chi connectivity index (χ2n) is 7.59. The fourth-order valence-electron chi connectivity index (χ4n) is 3.53. The Hall–Kier alpha value is -2.51. The molecule has 3 aromatic rings. The predicted octanol–water partition coefficient (Wildman–Crippen LogP) is 2.98. The summed E-state index contributed by atoms with van der Waals surface area (Å²) < 4.78 is 0. The lowest BCUT2D eigenvalue weighted by Gasteiger charge is -2.32. The quantitative estimate of drug-likeness (QED) is 0.615. The highest BCUT2D eigenvalue weighted by atomic mass is 15.2. The Morgan fingerprint density at radius 2 is 1.89 bits per heavy atom. The van der Waals surface area contributed by atoms with E-state index in [1.807, 2.05) is 6.20 Å². The zero-order valence-corrected chi connectivity index (χ0v) is 16.8. The summed E-state index contributed by atoms with van der Waals surface area (Å²) in [7, 11) is 2.19. The molecule has 1 saturated heterocycles. The maximum Gasteiger partial charge on any atom is 0.224 e. The van der Waals surface area contributed by atoms with Crippen LogP contribution in [0.5, 0.6) is 0 Å². The summed E-state index contributed by atoms with van der Waals surface area (Å²) in [4.78, 5) is 13.9. The molecular formula is C21H29N7. The molecule has 1 aliphatic rings. The van der Waals surface area contributed by atoms with Crippen LogP contribution < -0.4 is 5.32 Å². The average Bonchev–Trinajstić information content (AvgIpc) is 3.14. The van der Waals surface area contributed by atoms with Gasteiger partial charge in [0.15, 0.2) is 5.65 Å². The van der Waals surface area contributed by atoms with Gasteiger partial charge in [0.2, 0.25) is 5.95 Å². The Morgan fingerprint density at radius 3 is 2.64 bits per heavy atom. The number of nitrogens with zero attached hydrogens (tertiary/aromatic N) is 5. The zero-order chi connectivity index (χ0) is 19.3. The molecule has 0 amide bonds. The number of hydrogen-bond acceptors (Lipinski definition) is 6. The highest BCUT2D eigenvalue weighted by Crippen LogP contribution is 2.26. The van der Waals surface area contributed by atoms with Gasteiger partial charge in [0.05, 0.1) is 11.1 Å². The predicted molar refractivity (Wildman–Crippen MR) is 113 cm³/mol. The van der Waals surface area contributed by atoms with Gasteiger partial charge >= 0.3 is 0 Å². The molecule has 28 heavy (non-hydrogen) atoms. The van der Waals surface area contributed by atoms with Crippen LogP contribution in [-0.2, 0) is 6.54 Å². The monoisotopic (exact) mass is 379 g/mol. The van der Waals surface area contributed by atoms with Crippen LogP contribution in [0.1, 0.15) is 25.3 Å². The number of rotatable bonds is 7. The Morgan fingerprint density at radius 1 is 1.11 bits per heavy atom. The Bertz CT molecular complexity index is 895. The molecule has 0 spiro atoms. The van der Waals surface area contributed by atoms with E-state index in [9.17, 15) is 0 Å². The number of anilines is 1. The first-order chi connectivity index (χ1) is 13.7. The van der Waals surface area contributed by atoms with Gasteiger partial charge in [-0.1, -0.05) is 37.6 Å². The molecule has 0 unspecified atom stereocenters. The van der Waals surface area contributed by atoms with E-state index in [-0.39, 0.29) is 0 Å². The number of fused-ring (bicyclic) bond motifs is 1. The first-order valence-electron chi connectivity index (χ1n) is 10.2. The summed E-state index contributed by atoms with van der Waals surface area (Å²) in [5, 5.41) is 11.7. The number of H-pyrrole nitrogens is 1. The molecular weight excluding hydrogens is 350 g/mol. The van der Waals surface area contributed by atoms with Crippen molar-refractivity contribution in [3.8, 4) is 11.3 Å². The summed E-state index contributed by atoms with van der Waals surface area (Å²) in [5.41, 5.74) is 4.13. The highest BCUT2D eigenvalue weighted by Gasteiger charge is 2.14. The summed E-state index contributed by atoms with van der Waals surface area (Å²) in [6.07, 6.45) is 4.11. The number of aromatic amines is 1. The second-order valence-corrected chi connectivity index (χ2v) is 7.59. The first kappa shape index (κ1) is 18.8. The maximum atomic E-state index is 4.52. The molecule has 4 rings (SSSR count). The van der Waals surface area contributed by atoms with Gasteiger partial charge in [-0.15, -0.1) is 0 Å². The number of nitrogens with one attached hydrogen (secondary N) is 2. The topological polar surface area (TPSA) is 73.0 Å². The minimum atomic E-state index is 0.640. The van der Waals surface area contributed by atoms with Crippen LogP contribution in [0.15, 0.2) is 30.5 Å². The third kappa shape index (κ3) is 4.31. The van der Waals surface area contributed by atoms with E-state index in [0.717, 1.165) is 68.8 Å². The van der Waals surface area contributed by atoms with E-state index < -0.39 is 0 Å². The minimum absolute atomic E-state index is 0.640. The van der Waals surface area contributed by atoms with Gasteiger partial charge in [0, 0.05) is 51.0 Å². The highest BCUT2D eigenvalue weighted by molar-refractivity contribution is 5.90. The molecule has 1 aliphatic heterocycles. The van der Waals surface area contributed by atoms with Gasteiger partial charge in [0.1, 0.15) is 0 Å². The van der Waals surface area contributed by atoms with Gasteiger partial charge in [-0.05, 0) is 19.0 Å². The number of unbranched alkanes of at least 4 members (excludes halogenated alkanes) is 1. The van der Waals surface area contributed by atoms with Crippen molar-refractivity contribution in [1.82, 2.24) is 30.0 Å². The van der Waals surface area contributed by atoms with Gasteiger partial charge in [0.25, 0.3) is 0 Å². The lowest BCUT2D eigenvalue weighted by atomic mass is 10.1. The van der Waals surface area contributed by atoms with Gasteiger partial charge in [-0.2, -0.15) is 10.1 Å². The van der Waals surface area contributed by atoms with Crippen molar-refractivity contribution >= 4 is 17.0 Å². The van der Waals surface area contributed by atoms with Crippen molar-refractivity contribution in [2.75, 3.05) is 45.1 Å². The van der Waals surface area contributed by atoms with Crippen molar-refractivity contribution in [2.45, 2.75) is 26.3 Å². The molecule has 0 radical (unpaired) electrons. The van der Waals surface area contributed by atoms with Crippen LogP contribution in [-0.4, -0.2) is 69.7 Å². The van der Waals surface area contributed by atoms with E-state index in [1.165, 1.54) is 5.56 Å². The molecule has 0 saturated carbocycles. The summed E-state index contributed by atoms with van der Waals surface area (Å²) >= 11 is 0. The lowest BCUT2D eigenvalue weighted by Crippen LogP contribution is -2.43. The summed E-state index contributed by atoms with van der Waals surface area (Å²) in [6.45, 7) is 8.62. The maximum absolute atomic E-state index is 4.52. The standard InChI is InChI=1S/C21H29N7/c1-3-4-9-22-21-23-14-18-19(25-26-20(18)24-21)17-7-5-16(6-8-17)15-28-12-10-27(2)11-13-28/h5-8,14H,3-4,9-13,15H2,1-2H3,(H2,22,23,24,25,26). The number of likely N-dealkylation sites (N-methyl/N-ethyl adjacent to an activating group) is 1. The van der Waals surface area contributed by atoms with Crippen molar-refractivity contribution in [3.63, 3.8) is 0 Å². The zero-order valence-electron chi connectivity index (χ0n) is 16.8. The summed E-state index contributed by atoms with van der Waals surface area (Å²) in [6, 6.07) is 8.74. The fourth-order valence-corrected chi connectivity index (χ4v) is 3.53. The van der Waals surface area contributed by atoms with Gasteiger partial charge in [-0.25, -0.2) is 4.98 Å². The molecule has 0 aliphatic carbocycles. The Labute approximate surface area is 166 Å². The number of hydrogen-bond donors (Lipinski definition) is 2. The third-order valence-corrected chi connectivity index (χ3v) is 5.37. The van der Waals surface area contributed by atoms with Crippen LogP contribution in [0, 0.1) is 0 Å². The smallest absolute Gasteiger partial charge is 0.224 e. The van der Waals surface area contributed by atoms with Gasteiger partial charge < -0.3 is 10.2 Å². The van der Waals surface area contributed by atoms with Gasteiger partial charge in [-0.3, -0.25) is 10.00 Å². The Balaban J connectivity index is 1.45. The molecule has 2 N–H and O–H groups in total. The molecule has 3 heterocycles. The van der Waals surface area contributed by atoms with Crippen LogP contribution in [0.2, 0.25) is 0 Å². The number of aromatic nitrogens is 4. The Kier molecular flexibility index (Phi) is 5.83. The molecule has 1 fully saturated rings. The van der Waals surface area contributed by atoms with Crippen molar-refractivity contribution < 1.29 is 0 Å². The van der Waals surface area contributed by atoms with E-state index >= 15 is 0 Å². The molecule has 7 nitrogen and oxygen atoms in total. The SMILES string of the molecule is CCCCNc1ncc2c(-c3ccc(CN4CCN(C)CC4)cc3)[nH]nc2n1. The minimum Gasteiger partial charge on any atom is -0.354 e. The first-order valence-corrected chi connectivity index (χ1v) is 10.2. The molecule has 0 atom stereocenters. The van der Waals surface area contributed by atoms with Crippen LogP contribution in [0.25, 0.3) is 22.3 Å². The van der Waals surface area contributed by atoms with E-state index in [0.29, 0.717) is 11.6 Å². The van der Waals surface area contributed by atoms with Crippen molar-refractivity contribution in [1.29, 1.82) is 0 Å². The third-order valence-electron chi connectivity index (χ3n) is 5.37. The fraction of sp³-hybridized carbons (Fsp3) is 0.476. The van der Waals surface area contributed by atoms with Crippen molar-refractivity contribution in [3.05, 3.63) is 36.0 Å². The van der Waals surface area contributed by atoms with E-state index in [4.69, 9.17) is 0 Å². The average molecular weight is 380 g/mol. The molecule has 148 valence electrons. The summed E-state index contributed by atoms with van der Waals surface area (Å²) in [5.74, 6) is 0.640. The molecule has 1 aromatic carbocycles. The van der Waals surface area contributed by atoms with Crippen LogP contribution in [0.4, 0.5) is 5.95 Å². The normalized spacial score (nSPS) is 15.9. The van der Waals surface area contributed by atoms with E-state index in [2.05, 4.69) is 73.5 Å². The lowest BCUT2D eigenvalue weighted by molar-refractivity contribution is 0.148. The van der Waals surface area contributed by atoms with E-state index in [1.54, 1.807) is 0 Å². The second kappa shape index (κ2) is 8.67. The van der Waals surface area contributed by atoms with Crippen LogP contribution >= 0.6 is 0 Å².